The van der Waals surface area contributed by atoms with Gasteiger partial charge in [-0.25, -0.2) is 14.6 Å². The summed E-state index contributed by atoms with van der Waals surface area (Å²) in [5, 5.41) is 11.2. The standard InChI is InChI=1S/C12H11N3O6S/c1-3-21-12(17)9-13-4-5-14(9)10-7(15(18)19)6-8(22-10)11(16)20-2/h4-6H,3H2,1-2H3. The normalized spacial score (nSPS) is 10.3. The molecule has 10 heteroatoms. The van der Waals surface area contributed by atoms with Gasteiger partial charge in [-0.2, -0.15) is 0 Å². The summed E-state index contributed by atoms with van der Waals surface area (Å²) >= 11 is 0.827. The summed E-state index contributed by atoms with van der Waals surface area (Å²) in [5.74, 6) is -1.52. The third-order valence-corrected chi connectivity index (χ3v) is 3.70. The summed E-state index contributed by atoms with van der Waals surface area (Å²) in [6, 6.07) is 1.10. The summed E-state index contributed by atoms with van der Waals surface area (Å²) < 4.78 is 10.6. The van der Waals surface area contributed by atoms with Crippen LogP contribution < -0.4 is 0 Å². The lowest BCUT2D eigenvalue weighted by atomic mass is 10.4. The number of ether oxygens (including phenoxy) is 2. The summed E-state index contributed by atoms with van der Waals surface area (Å²) in [6.45, 7) is 1.78. The van der Waals surface area contributed by atoms with Gasteiger partial charge in [0.1, 0.15) is 4.88 Å². The van der Waals surface area contributed by atoms with Crippen molar-refractivity contribution in [2.75, 3.05) is 13.7 Å². The molecule has 0 aromatic carbocycles. The van der Waals surface area contributed by atoms with Crippen molar-refractivity contribution in [2.45, 2.75) is 6.92 Å². The fourth-order valence-electron chi connectivity index (χ4n) is 1.69. The Labute approximate surface area is 128 Å². The van der Waals surface area contributed by atoms with Gasteiger partial charge in [-0.15, -0.1) is 11.3 Å². The van der Waals surface area contributed by atoms with E-state index < -0.39 is 16.9 Å². The molecular weight excluding hydrogens is 314 g/mol. The molecule has 2 aromatic rings. The molecule has 0 radical (unpaired) electrons. The topological polar surface area (TPSA) is 114 Å². The number of imidazole rings is 1. The third kappa shape index (κ3) is 2.81. The number of methoxy groups -OCH3 is 1. The quantitative estimate of drug-likeness (QED) is 0.468. The first-order chi connectivity index (χ1) is 10.5. The Morgan fingerprint density at radius 1 is 1.45 bits per heavy atom. The maximum atomic E-state index is 11.8. The van der Waals surface area contributed by atoms with E-state index in [1.54, 1.807) is 6.92 Å². The fraction of sp³-hybridized carbons (Fsp3) is 0.250. The molecule has 0 aliphatic heterocycles. The highest BCUT2D eigenvalue weighted by Crippen LogP contribution is 2.34. The number of rotatable bonds is 5. The lowest BCUT2D eigenvalue weighted by molar-refractivity contribution is -0.384. The third-order valence-electron chi connectivity index (χ3n) is 2.59. The van der Waals surface area contributed by atoms with Gasteiger partial charge in [-0.1, -0.05) is 0 Å². The van der Waals surface area contributed by atoms with Gasteiger partial charge in [0.2, 0.25) is 5.82 Å². The summed E-state index contributed by atoms with van der Waals surface area (Å²) in [7, 11) is 1.18. The zero-order valence-electron chi connectivity index (χ0n) is 11.6. The van der Waals surface area contributed by atoms with Crippen LogP contribution in [0.15, 0.2) is 18.5 Å². The number of thiophene rings is 1. The smallest absolute Gasteiger partial charge is 0.374 e. The molecule has 0 aliphatic carbocycles. The van der Waals surface area contributed by atoms with Crippen LogP contribution in [0, 0.1) is 10.1 Å². The van der Waals surface area contributed by atoms with Gasteiger partial charge in [-0.05, 0) is 6.92 Å². The lowest BCUT2D eigenvalue weighted by Gasteiger charge is -2.04. The van der Waals surface area contributed by atoms with Gasteiger partial charge in [0, 0.05) is 18.5 Å². The van der Waals surface area contributed by atoms with E-state index in [0.717, 1.165) is 17.4 Å². The zero-order valence-corrected chi connectivity index (χ0v) is 12.5. The minimum absolute atomic E-state index is 0.0488. The second kappa shape index (κ2) is 6.35. The molecule has 2 heterocycles. The number of hydrogen-bond acceptors (Lipinski definition) is 8. The second-order valence-corrected chi connectivity index (χ2v) is 4.92. The van der Waals surface area contributed by atoms with E-state index in [0.29, 0.717) is 0 Å². The van der Waals surface area contributed by atoms with Gasteiger partial charge in [-0.3, -0.25) is 14.7 Å². The summed E-state index contributed by atoms with van der Waals surface area (Å²) in [4.78, 5) is 37.8. The highest BCUT2D eigenvalue weighted by atomic mass is 32.1. The molecule has 2 rings (SSSR count). The van der Waals surface area contributed by atoms with Crippen LogP contribution in [-0.2, 0) is 9.47 Å². The Balaban J connectivity index is 2.55. The molecule has 22 heavy (non-hydrogen) atoms. The van der Waals surface area contributed by atoms with E-state index >= 15 is 0 Å². The van der Waals surface area contributed by atoms with E-state index in [-0.39, 0.29) is 28.0 Å². The van der Waals surface area contributed by atoms with E-state index in [2.05, 4.69) is 9.72 Å². The van der Waals surface area contributed by atoms with Crippen LogP contribution in [0.4, 0.5) is 5.69 Å². The van der Waals surface area contributed by atoms with Gasteiger partial charge >= 0.3 is 17.6 Å². The number of hydrogen-bond donors (Lipinski definition) is 0. The van der Waals surface area contributed by atoms with Gasteiger partial charge < -0.3 is 9.47 Å². The van der Waals surface area contributed by atoms with Crippen molar-refractivity contribution >= 4 is 29.0 Å². The van der Waals surface area contributed by atoms with E-state index in [9.17, 15) is 19.7 Å². The van der Waals surface area contributed by atoms with Crippen LogP contribution in [0.2, 0.25) is 0 Å². The molecular formula is C12H11N3O6S. The van der Waals surface area contributed by atoms with Crippen LogP contribution in [0.25, 0.3) is 5.00 Å². The molecule has 0 spiro atoms. The van der Waals surface area contributed by atoms with Crippen LogP contribution in [-0.4, -0.2) is 40.1 Å². The highest BCUT2D eigenvalue weighted by Gasteiger charge is 2.27. The maximum Gasteiger partial charge on any atom is 0.374 e. The average molecular weight is 325 g/mol. The van der Waals surface area contributed by atoms with Crippen molar-refractivity contribution in [1.82, 2.24) is 9.55 Å². The highest BCUT2D eigenvalue weighted by molar-refractivity contribution is 7.17. The second-order valence-electron chi connectivity index (χ2n) is 3.89. The van der Waals surface area contributed by atoms with Crippen LogP contribution >= 0.6 is 11.3 Å². The Kier molecular flexibility index (Phi) is 4.51. The first-order valence-corrected chi connectivity index (χ1v) is 6.88. The molecule has 0 bridgehead atoms. The Morgan fingerprint density at radius 3 is 2.77 bits per heavy atom. The molecule has 116 valence electrons. The molecule has 0 N–H and O–H groups in total. The van der Waals surface area contributed by atoms with Crippen molar-refractivity contribution in [2.24, 2.45) is 0 Å². The molecule has 0 saturated carbocycles. The van der Waals surface area contributed by atoms with Crippen molar-refractivity contribution in [1.29, 1.82) is 0 Å². The molecule has 0 aliphatic rings. The van der Waals surface area contributed by atoms with Crippen molar-refractivity contribution < 1.29 is 24.0 Å². The molecule has 0 saturated heterocycles. The Bertz CT molecular complexity index is 735. The van der Waals surface area contributed by atoms with Crippen LogP contribution in [0.1, 0.15) is 27.2 Å². The number of nitrogens with zero attached hydrogens (tertiary/aromatic N) is 3. The predicted molar refractivity (Wildman–Crippen MR) is 75.4 cm³/mol. The number of carbonyl (C=O) groups excluding carboxylic acids is 2. The first kappa shape index (κ1) is 15.6. The van der Waals surface area contributed by atoms with Crippen LogP contribution in [0.5, 0.6) is 0 Å². The minimum atomic E-state index is -0.713. The Morgan fingerprint density at radius 2 is 2.18 bits per heavy atom. The van der Waals surface area contributed by atoms with Crippen molar-refractivity contribution in [3.8, 4) is 5.00 Å². The zero-order chi connectivity index (χ0) is 16.3. The van der Waals surface area contributed by atoms with Gasteiger partial charge in [0.15, 0.2) is 5.00 Å². The van der Waals surface area contributed by atoms with Gasteiger partial charge in [0.25, 0.3) is 0 Å². The number of aromatic nitrogens is 2. The maximum absolute atomic E-state index is 11.8. The first-order valence-electron chi connectivity index (χ1n) is 6.07. The van der Waals surface area contributed by atoms with E-state index in [1.807, 2.05) is 0 Å². The van der Waals surface area contributed by atoms with Gasteiger partial charge in [0.05, 0.1) is 18.6 Å². The largest absolute Gasteiger partial charge is 0.465 e. The SMILES string of the molecule is CCOC(=O)c1nccn1-c1sc(C(=O)OC)cc1[N+](=O)[O-]. The molecule has 0 amide bonds. The summed E-state index contributed by atoms with van der Waals surface area (Å²) in [5.41, 5.74) is -0.325. The average Bonchev–Trinajstić information content (AvgIpc) is 3.12. The molecule has 2 aromatic heterocycles. The number of nitro groups is 1. The van der Waals surface area contributed by atoms with Crippen molar-refractivity contribution in [3.63, 3.8) is 0 Å². The van der Waals surface area contributed by atoms with E-state index in [1.165, 1.54) is 24.1 Å². The monoisotopic (exact) mass is 325 g/mol. The fourth-order valence-corrected chi connectivity index (χ4v) is 2.72. The Hall–Kier alpha value is -2.75. The molecule has 9 nitrogen and oxygen atoms in total. The lowest BCUT2D eigenvalue weighted by Crippen LogP contribution is -2.12. The minimum Gasteiger partial charge on any atom is -0.465 e. The summed E-state index contributed by atoms with van der Waals surface area (Å²) in [6.07, 6.45) is 2.69. The molecule has 0 fully saturated rings. The van der Waals surface area contributed by atoms with Crippen molar-refractivity contribution in [3.05, 3.63) is 39.3 Å². The molecule has 0 atom stereocenters. The van der Waals surface area contributed by atoms with E-state index in [4.69, 9.17) is 4.74 Å². The molecule has 0 unspecified atom stereocenters. The number of esters is 2. The van der Waals surface area contributed by atoms with Crippen LogP contribution in [0.3, 0.4) is 0 Å². The predicted octanol–water partition coefficient (Wildman–Crippen LogP) is 1.81. The number of carbonyl (C=O) groups is 2.